The van der Waals surface area contributed by atoms with Crippen molar-refractivity contribution in [2.24, 2.45) is 0 Å². The van der Waals surface area contributed by atoms with Crippen molar-refractivity contribution in [1.29, 1.82) is 0 Å². The summed E-state index contributed by atoms with van der Waals surface area (Å²) in [5, 5.41) is 2.78. The monoisotopic (exact) mass is 319 g/mol. The summed E-state index contributed by atoms with van der Waals surface area (Å²) in [6.07, 6.45) is -4.71. The van der Waals surface area contributed by atoms with Gasteiger partial charge in [-0.05, 0) is 25.1 Å². The molecule has 0 atom stereocenters. The summed E-state index contributed by atoms with van der Waals surface area (Å²) in [5.74, 6) is -1.93. The van der Waals surface area contributed by atoms with Crippen LogP contribution in [-0.4, -0.2) is 16.5 Å². The molecule has 0 unspecified atom stereocenters. The predicted molar refractivity (Wildman–Crippen MR) is 71.6 cm³/mol. The van der Waals surface area contributed by atoms with Crippen molar-refractivity contribution in [3.05, 3.63) is 40.9 Å². The molecular formula is C13H10ClF4N3. The number of rotatable bonds is 3. The average Bonchev–Trinajstić information content (AvgIpc) is 2.40. The molecule has 0 aliphatic rings. The summed E-state index contributed by atoms with van der Waals surface area (Å²) >= 11 is 5.90. The smallest absolute Gasteiger partial charge is 0.370 e. The first kappa shape index (κ1) is 15.5. The van der Waals surface area contributed by atoms with Crippen molar-refractivity contribution in [1.82, 2.24) is 9.97 Å². The van der Waals surface area contributed by atoms with Crippen LogP contribution >= 0.6 is 11.6 Å². The van der Waals surface area contributed by atoms with Crippen LogP contribution in [-0.2, 0) is 6.18 Å². The van der Waals surface area contributed by atoms with Gasteiger partial charge < -0.3 is 5.32 Å². The number of benzene rings is 1. The Bertz CT molecular complexity index is 658. The molecule has 0 saturated carbocycles. The van der Waals surface area contributed by atoms with E-state index in [0.29, 0.717) is 6.54 Å². The molecule has 1 N–H and O–H groups in total. The maximum atomic E-state index is 13.3. The molecular weight excluding hydrogens is 310 g/mol. The average molecular weight is 320 g/mol. The van der Waals surface area contributed by atoms with Gasteiger partial charge in [-0.15, -0.1) is 0 Å². The van der Waals surface area contributed by atoms with E-state index in [2.05, 4.69) is 15.3 Å². The molecule has 0 fully saturated rings. The highest BCUT2D eigenvalue weighted by Gasteiger charge is 2.35. The summed E-state index contributed by atoms with van der Waals surface area (Å²) in [5.41, 5.74) is -0.0264. The molecule has 0 saturated heterocycles. The highest BCUT2D eigenvalue weighted by molar-refractivity contribution is 6.33. The molecule has 0 aliphatic carbocycles. The molecule has 0 aliphatic heterocycles. The van der Waals surface area contributed by atoms with Gasteiger partial charge in [0.25, 0.3) is 0 Å². The number of nitrogens with zero attached hydrogens (tertiary/aromatic N) is 2. The zero-order valence-electron chi connectivity index (χ0n) is 10.8. The fourth-order valence-electron chi connectivity index (χ4n) is 1.68. The van der Waals surface area contributed by atoms with E-state index in [-0.39, 0.29) is 22.1 Å². The van der Waals surface area contributed by atoms with Crippen molar-refractivity contribution in [3.63, 3.8) is 0 Å². The quantitative estimate of drug-likeness (QED) is 0.853. The highest BCUT2D eigenvalue weighted by Crippen LogP contribution is 2.32. The maximum absolute atomic E-state index is 13.3. The van der Waals surface area contributed by atoms with Crippen LogP contribution in [0, 0.1) is 5.82 Å². The molecule has 0 spiro atoms. The van der Waals surface area contributed by atoms with Gasteiger partial charge in [0, 0.05) is 18.2 Å². The molecule has 0 amide bonds. The van der Waals surface area contributed by atoms with Crippen LogP contribution in [0.2, 0.25) is 5.02 Å². The fourth-order valence-corrected chi connectivity index (χ4v) is 1.89. The SMILES string of the molecule is CCNc1cc(-c2cc(F)ccc2Cl)nc(C(F)(F)F)n1. The maximum Gasteiger partial charge on any atom is 0.451 e. The van der Waals surface area contributed by atoms with Crippen LogP contribution in [0.5, 0.6) is 0 Å². The van der Waals surface area contributed by atoms with Gasteiger partial charge >= 0.3 is 6.18 Å². The van der Waals surface area contributed by atoms with Crippen molar-refractivity contribution in [2.75, 3.05) is 11.9 Å². The number of halogens is 5. The summed E-state index contributed by atoms with van der Waals surface area (Å²) < 4.78 is 51.7. The van der Waals surface area contributed by atoms with Crippen LogP contribution in [0.4, 0.5) is 23.4 Å². The van der Waals surface area contributed by atoms with Crippen LogP contribution in [0.3, 0.4) is 0 Å². The van der Waals surface area contributed by atoms with Crippen LogP contribution in [0.1, 0.15) is 12.7 Å². The van der Waals surface area contributed by atoms with Gasteiger partial charge in [-0.25, -0.2) is 14.4 Å². The van der Waals surface area contributed by atoms with Gasteiger partial charge in [0.1, 0.15) is 11.6 Å². The Kier molecular flexibility index (Phi) is 4.32. The minimum absolute atomic E-state index is 0.00449. The normalized spacial score (nSPS) is 11.5. The van der Waals surface area contributed by atoms with Crippen molar-refractivity contribution in [3.8, 4) is 11.3 Å². The lowest BCUT2D eigenvalue weighted by atomic mass is 10.1. The van der Waals surface area contributed by atoms with E-state index in [0.717, 1.165) is 12.1 Å². The Morgan fingerprint density at radius 3 is 2.52 bits per heavy atom. The molecule has 8 heteroatoms. The van der Waals surface area contributed by atoms with Crippen LogP contribution in [0.25, 0.3) is 11.3 Å². The summed E-state index contributed by atoms with van der Waals surface area (Å²) in [7, 11) is 0. The lowest BCUT2D eigenvalue weighted by Crippen LogP contribution is -2.14. The number of anilines is 1. The van der Waals surface area contributed by atoms with E-state index in [9.17, 15) is 17.6 Å². The van der Waals surface area contributed by atoms with Gasteiger partial charge in [0.05, 0.1) is 10.7 Å². The minimum atomic E-state index is -4.71. The second-order valence-corrected chi connectivity index (χ2v) is 4.52. The number of hydrogen-bond donors (Lipinski definition) is 1. The molecule has 0 bridgehead atoms. The minimum Gasteiger partial charge on any atom is -0.370 e. The summed E-state index contributed by atoms with van der Waals surface area (Å²) in [4.78, 5) is 6.82. The van der Waals surface area contributed by atoms with E-state index in [1.165, 1.54) is 12.1 Å². The standard InChI is InChI=1S/C13H10ClF4N3/c1-2-19-11-6-10(20-12(21-11)13(16,17)18)8-5-7(15)3-4-9(8)14/h3-6H,2H2,1H3,(H,19,20,21). The third kappa shape index (κ3) is 3.60. The predicted octanol–water partition coefficient (Wildman–Crippen LogP) is 4.39. The van der Waals surface area contributed by atoms with E-state index in [1.807, 2.05) is 0 Å². The van der Waals surface area contributed by atoms with E-state index < -0.39 is 17.8 Å². The van der Waals surface area contributed by atoms with Gasteiger partial charge in [0.15, 0.2) is 0 Å². The molecule has 112 valence electrons. The zero-order valence-corrected chi connectivity index (χ0v) is 11.6. The van der Waals surface area contributed by atoms with E-state index >= 15 is 0 Å². The number of hydrogen-bond acceptors (Lipinski definition) is 3. The largest absolute Gasteiger partial charge is 0.451 e. The van der Waals surface area contributed by atoms with E-state index in [4.69, 9.17) is 11.6 Å². The Morgan fingerprint density at radius 2 is 1.90 bits per heavy atom. The molecule has 2 aromatic rings. The van der Waals surface area contributed by atoms with Crippen LogP contribution in [0.15, 0.2) is 24.3 Å². The van der Waals surface area contributed by atoms with E-state index in [1.54, 1.807) is 6.92 Å². The molecule has 21 heavy (non-hydrogen) atoms. The Balaban J connectivity index is 2.62. The fraction of sp³-hybridized carbons (Fsp3) is 0.231. The van der Waals surface area contributed by atoms with Gasteiger partial charge in [-0.1, -0.05) is 11.6 Å². The molecule has 1 heterocycles. The molecule has 3 nitrogen and oxygen atoms in total. The van der Waals surface area contributed by atoms with Gasteiger partial charge in [-0.2, -0.15) is 13.2 Å². The summed E-state index contributed by atoms with van der Waals surface area (Å²) in [6.45, 7) is 2.09. The first-order valence-corrected chi connectivity index (χ1v) is 6.34. The number of nitrogens with one attached hydrogen (secondary N) is 1. The highest BCUT2D eigenvalue weighted by atomic mass is 35.5. The zero-order chi connectivity index (χ0) is 15.6. The van der Waals surface area contributed by atoms with Crippen molar-refractivity contribution >= 4 is 17.4 Å². The van der Waals surface area contributed by atoms with Crippen molar-refractivity contribution in [2.45, 2.75) is 13.1 Å². The number of alkyl halides is 3. The van der Waals surface area contributed by atoms with Gasteiger partial charge in [-0.3, -0.25) is 0 Å². The van der Waals surface area contributed by atoms with Crippen molar-refractivity contribution < 1.29 is 17.6 Å². The summed E-state index contributed by atoms with van der Waals surface area (Å²) in [6, 6.07) is 4.69. The second-order valence-electron chi connectivity index (χ2n) is 4.11. The lowest BCUT2D eigenvalue weighted by molar-refractivity contribution is -0.144. The number of aromatic nitrogens is 2. The van der Waals surface area contributed by atoms with Gasteiger partial charge in [0.2, 0.25) is 5.82 Å². The first-order chi connectivity index (χ1) is 9.81. The molecule has 1 aromatic carbocycles. The third-order valence-corrected chi connectivity index (χ3v) is 2.87. The topological polar surface area (TPSA) is 37.8 Å². The third-order valence-electron chi connectivity index (χ3n) is 2.54. The van der Waals surface area contributed by atoms with Crippen LogP contribution < -0.4 is 5.32 Å². The lowest BCUT2D eigenvalue weighted by Gasteiger charge is -2.11. The first-order valence-electron chi connectivity index (χ1n) is 5.97. The Hall–Kier alpha value is -1.89. The molecule has 1 aromatic heterocycles. The second kappa shape index (κ2) is 5.85. The molecule has 0 radical (unpaired) electrons. The Morgan fingerprint density at radius 1 is 1.19 bits per heavy atom. The molecule has 2 rings (SSSR count). The Labute approximate surface area is 123 Å².